The molecule has 2 rings (SSSR count). The first-order valence-electron chi connectivity index (χ1n) is 7.11. The molecule has 0 bridgehead atoms. The third kappa shape index (κ3) is 4.34. The molecule has 0 aliphatic heterocycles. The highest BCUT2D eigenvalue weighted by molar-refractivity contribution is 5.83. The minimum atomic E-state index is 0.311. The average molecular weight is 256 g/mol. The topological polar surface area (TPSA) is 38.0 Å². The maximum Gasteiger partial charge on any atom is 0.0205 e. The van der Waals surface area contributed by atoms with E-state index in [0.717, 1.165) is 25.9 Å². The molecule has 1 unspecified atom stereocenters. The number of nitrogens with two attached hydrogens (primary N) is 1. The van der Waals surface area contributed by atoms with Gasteiger partial charge in [0, 0.05) is 12.6 Å². The monoisotopic (exact) mass is 256 g/mol. The normalized spacial score (nSPS) is 12.8. The third-order valence-electron chi connectivity index (χ3n) is 3.40. The van der Waals surface area contributed by atoms with Crippen molar-refractivity contribution >= 4 is 10.8 Å². The lowest BCUT2D eigenvalue weighted by atomic mass is 10.0. The molecule has 0 radical (unpaired) electrons. The lowest BCUT2D eigenvalue weighted by Gasteiger charge is -2.08. The van der Waals surface area contributed by atoms with E-state index in [0.29, 0.717) is 6.04 Å². The fourth-order valence-electron chi connectivity index (χ4n) is 2.31. The Labute approximate surface area is 116 Å². The number of benzene rings is 2. The van der Waals surface area contributed by atoms with Crippen LogP contribution >= 0.6 is 0 Å². The van der Waals surface area contributed by atoms with Crippen molar-refractivity contribution in [2.24, 2.45) is 5.73 Å². The number of hydrogen-bond donors (Lipinski definition) is 2. The van der Waals surface area contributed by atoms with Gasteiger partial charge in [-0.25, -0.2) is 0 Å². The van der Waals surface area contributed by atoms with E-state index in [4.69, 9.17) is 5.73 Å². The molecule has 2 heteroatoms. The highest BCUT2D eigenvalue weighted by Gasteiger charge is 1.98. The van der Waals surface area contributed by atoms with Crippen LogP contribution in [-0.2, 0) is 6.54 Å². The van der Waals surface area contributed by atoms with Crippen LogP contribution in [0.3, 0.4) is 0 Å². The molecule has 102 valence electrons. The first-order valence-corrected chi connectivity index (χ1v) is 7.11. The Kier molecular flexibility index (Phi) is 4.94. The molecule has 3 N–H and O–H groups in total. The molecule has 2 nitrogen and oxygen atoms in total. The van der Waals surface area contributed by atoms with Gasteiger partial charge in [-0.15, -0.1) is 0 Å². The van der Waals surface area contributed by atoms with Crippen molar-refractivity contribution in [1.82, 2.24) is 5.32 Å². The molecule has 19 heavy (non-hydrogen) atoms. The van der Waals surface area contributed by atoms with E-state index >= 15 is 0 Å². The van der Waals surface area contributed by atoms with Crippen LogP contribution in [-0.4, -0.2) is 12.6 Å². The van der Waals surface area contributed by atoms with Gasteiger partial charge < -0.3 is 11.1 Å². The summed E-state index contributed by atoms with van der Waals surface area (Å²) in [5, 5.41) is 6.12. The standard InChI is InChI=1S/C17H24N2/c1-13-5-7-17-11-15(6-8-16(17)10-13)12-19-9-3-4-14(2)18/h5-8,10-11,14,19H,3-4,9,12,18H2,1-2H3. The van der Waals surface area contributed by atoms with Crippen LogP contribution in [0.1, 0.15) is 30.9 Å². The van der Waals surface area contributed by atoms with Crippen molar-refractivity contribution in [2.45, 2.75) is 39.3 Å². The van der Waals surface area contributed by atoms with E-state index < -0.39 is 0 Å². The van der Waals surface area contributed by atoms with Crippen molar-refractivity contribution in [3.8, 4) is 0 Å². The molecule has 2 aromatic carbocycles. The van der Waals surface area contributed by atoms with Gasteiger partial charge in [0.1, 0.15) is 0 Å². The van der Waals surface area contributed by atoms with Gasteiger partial charge in [-0.2, -0.15) is 0 Å². The Balaban J connectivity index is 1.89. The molecule has 0 saturated heterocycles. The second-order valence-corrected chi connectivity index (χ2v) is 5.48. The summed E-state index contributed by atoms with van der Waals surface area (Å²) in [6.07, 6.45) is 2.23. The van der Waals surface area contributed by atoms with Gasteiger partial charge >= 0.3 is 0 Å². The summed E-state index contributed by atoms with van der Waals surface area (Å²) < 4.78 is 0. The lowest BCUT2D eigenvalue weighted by molar-refractivity contribution is 0.575. The molecule has 0 spiro atoms. The highest BCUT2D eigenvalue weighted by atomic mass is 14.8. The van der Waals surface area contributed by atoms with Crippen LogP contribution in [0, 0.1) is 6.92 Å². The van der Waals surface area contributed by atoms with Crippen molar-refractivity contribution in [3.63, 3.8) is 0 Å². The SMILES string of the molecule is Cc1ccc2cc(CNCCCC(C)N)ccc2c1. The summed E-state index contributed by atoms with van der Waals surface area (Å²) >= 11 is 0. The van der Waals surface area contributed by atoms with Crippen molar-refractivity contribution in [2.75, 3.05) is 6.54 Å². The maximum atomic E-state index is 5.73. The number of hydrogen-bond acceptors (Lipinski definition) is 2. The van der Waals surface area contributed by atoms with Gasteiger partial charge in [0.05, 0.1) is 0 Å². The van der Waals surface area contributed by atoms with Crippen molar-refractivity contribution in [3.05, 3.63) is 47.5 Å². The fourth-order valence-corrected chi connectivity index (χ4v) is 2.31. The summed E-state index contributed by atoms with van der Waals surface area (Å²) in [7, 11) is 0. The van der Waals surface area contributed by atoms with Crippen LogP contribution in [0.5, 0.6) is 0 Å². The van der Waals surface area contributed by atoms with Crippen LogP contribution in [0.4, 0.5) is 0 Å². The number of rotatable bonds is 6. The van der Waals surface area contributed by atoms with E-state index in [1.807, 2.05) is 0 Å². The summed E-state index contributed by atoms with van der Waals surface area (Å²) in [6.45, 7) is 6.16. The van der Waals surface area contributed by atoms with Crippen LogP contribution in [0.15, 0.2) is 36.4 Å². The third-order valence-corrected chi connectivity index (χ3v) is 3.40. The average Bonchev–Trinajstić information content (AvgIpc) is 2.38. The number of nitrogens with one attached hydrogen (secondary N) is 1. The molecule has 0 amide bonds. The van der Waals surface area contributed by atoms with E-state index in [-0.39, 0.29) is 0 Å². The molecule has 1 atom stereocenters. The predicted molar refractivity (Wildman–Crippen MR) is 83.3 cm³/mol. The number of aryl methyl sites for hydroxylation is 1. The van der Waals surface area contributed by atoms with Crippen molar-refractivity contribution < 1.29 is 0 Å². The Morgan fingerprint density at radius 2 is 1.84 bits per heavy atom. The molecule has 0 fully saturated rings. The second-order valence-electron chi connectivity index (χ2n) is 5.48. The molecule has 0 saturated carbocycles. The maximum absolute atomic E-state index is 5.73. The van der Waals surface area contributed by atoms with E-state index in [9.17, 15) is 0 Å². The number of fused-ring (bicyclic) bond motifs is 1. The predicted octanol–water partition coefficient (Wildman–Crippen LogP) is 3.37. The smallest absolute Gasteiger partial charge is 0.0205 e. The Morgan fingerprint density at radius 3 is 2.63 bits per heavy atom. The molecular formula is C17H24N2. The summed E-state index contributed by atoms with van der Waals surface area (Å²) in [5.74, 6) is 0. The largest absolute Gasteiger partial charge is 0.328 e. The first kappa shape index (κ1) is 14.0. The van der Waals surface area contributed by atoms with E-state index in [1.54, 1.807) is 0 Å². The van der Waals surface area contributed by atoms with Gasteiger partial charge in [0.2, 0.25) is 0 Å². The summed E-state index contributed by atoms with van der Waals surface area (Å²) in [6, 6.07) is 13.6. The zero-order valence-electron chi connectivity index (χ0n) is 11.9. The van der Waals surface area contributed by atoms with E-state index in [1.165, 1.54) is 21.9 Å². The fraction of sp³-hybridized carbons (Fsp3) is 0.412. The Bertz CT molecular complexity index is 532. The molecule has 0 heterocycles. The molecule has 0 aliphatic rings. The summed E-state index contributed by atoms with van der Waals surface area (Å²) in [5.41, 5.74) is 8.39. The van der Waals surface area contributed by atoms with Gasteiger partial charge in [-0.3, -0.25) is 0 Å². The summed E-state index contributed by atoms with van der Waals surface area (Å²) in [4.78, 5) is 0. The Morgan fingerprint density at radius 1 is 1.11 bits per heavy atom. The van der Waals surface area contributed by atoms with Crippen LogP contribution in [0.2, 0.25) is 0 Å². The first-order chi connectivity index (χ1) is 9.15. The van der Waals surface area contributed by atoms with Crippen molar-refractivity contribution in [1.29, 1.82) is 0 Å². The highest BCUT2D eigenvalue weighted by Crippen LogP contribution is 2.17. The minimum Gasteiger partial charge on any atom is -0.328 e. The van der Waals surface area contributed by atoms with Gasteiger partial charge in [0.25, 0.3) is 0 Å². The lowest BCUT2D eigenvalue weighted by Crippen LogP contribution is -2.19. The Hall–Kier alpha value is -1.38. The molecule has 0 aliphatic carbocycles. The molecule has 2 aromatic rings. The minimum absolute atomic E-state index is 0.311. The zero-order chi connectivity index (χ0) is 13.7. The molecular weight excluding hydrogens is 232 g/mol. The quantitative estimate of drug-likeness (QED) is 0.778. The van der Waals surface area contributed by atoms with Gasteiger partial charge in [-0.1, -0.05) is 35.9 Å². The molecule has 0 aromatic heterocycles. The van der Waals surface area contributed by atoms with Gasteiger partial charge in [-0.05, 0) is 55.6 Å². The van der Waals surface area contributed by atoms with Crippen LogP contribution < -0.4 is 11.1 Å². The second kappa shape index (κ2) is 6.69. The van der Waals surface area contributed by atoms with Crippen LogP contribution in [0.25, 0.3) is 10.8 Å². The zero-order valence-corrected chi connectivity index (χ0v) is 11.9. The van der Waals surface area contributed by atoms with E-state index in [2.05, 4.69) is 55.6 Å². The van der Waals surface area contributed by atoms with Gasteiger partial charge in [0.15, 0.2) is 0 Å².